The second-order valence-electron chi connectivity index (χ2n) is 4.37. The molecule has 1 saturated heterocycles. The highest BCUT2D eigenvalue weighted by Gasteiger charge is 2.02. The van der Waals surface area contributed by atoms with Gasteiger partial charge in [0.2, 0.25) is 0 Å². The second-order valence-corrected chi connectivity index (χ2v) is 4.37. The highest BCUT2D eigenvalue weighted by Crippen LogP contribution is 2.04. The summed E-state index contributed by atoms with van der Waals surface area (Å²) in [6, 6.07) is 0. The van der Waals surface area contributed by atoms with Crippen LogP contribution in [0.2, 0.25) is 0 Å². The van der Waals surface area contributed by atoms with Gasteiger partial charge in [0.15, 0.2) is 0 Å². The maximum atomic E-state index is 3.24. The van der Waals surface area contributed by atoms with Crippen LogP contribution in [0, 0.1) is 0 Å². The summed E-state index contributed by atoms with van der Waals surface area (Å²) in [5.41, 5.74) is 1.53. The van der Waals surface area contributed by atoms with E-state index in [0.717, 1.165) is 6.54 Å². The van der Waals surface area contributed by atoms with E-state index in [1.165, 1.54) is 50.9 Å². The minimum Gasteiger partial charge on any atom is -0.313 e. The first-order valence-corrected chi connectivity index (χ1v) is 5.84. The molecule has 0 aliphatic carbocycles. The number of nitrogens with zero attached hydrogens (tertiary/aromatic N) is 1. The summed E-state index contributed by atoms with van der Waals surface area (Å²) < 4.78 is 0. The predicted octanol–water partition coefficient (Wildman–Crippen LogP) is 2.03. The van der Waals surface area contributed by atoms with Gasteiger partial charge in [0.05, 0.1) is 0 Å². The Labute approximate surface area is 88.4 Å². The molecule has 0 spiro atoms. The number of rotatable bonds is 0. The lowest BCUT2D eigenvalue weighted by Gasteiger charge is -2.20. The van der Waals surface area contributed by atoms with E-state index < -0.39 is 0 Å². The summed E-state index contributed by atoms with van der Waals surface area (Å²) in [4.78, 5) is 2.39. The van der Waals surface area contributed by atoms with E-state index in [4.69, 9.17) is 0 Å². The molecule has 0 bridgehead atoms. The van der Waals surface area contributed by atoms with Crippen molar-refractivity contribution >= 4 is 0 Å². The molecule has 0 radical (unpaired) electrons. The minimum absolute atomic E-state index is 1.08. The highest BCUT2D eigenvalue weighted by atomic mass is 15.1. The monoisotopic (exact) mass is 196 g/mol. The number of likely N-dealkylation sites (tertiary alicyclic amines) is 1. The zero-order valence-electron chi connectivity index (χ0n) is 9.68. The Bertz CT molecular complexity index is 169. The van der Waals surface area contributed by atoms with Crippen LogP contribution >= 0.6 is 0 Å². The number of piperidine rings is 1. The van der Waals surface area contributed by atoms with E-state index in [9.17, 15) is 0 Å². The number of nitrogens with one attached hydrogen (secondary N) is 1. The minimum atomic E-state index is 1.08. The first kappa shape index (κ1) is 11.7. The molecule has 82 valence electrons. The lowest BCUT2D eigenvalue weighted by molar-refractivity contribution is 0.277. The molecule has 1 fully saturated rings. The van der Waals surface area contributed by atoms with E-state index in [0.29, 0.717) is 0 Å². The third-order valence-electron chi connectivity index (χ3n) is 2.87. The van der Waals surface area contributed by atoms with Gasteiger partial charge in [-0.25, -0.2) is 0 Å². The molecule has 0 aromatic carbocycles. The summed E-state index contributed by atoms with van der Waals surface area (Å²) in [5.74, 6) is 0. The summed E-state index contributed by atoms with van der Waals surface area (Å²) in [6.07, 6.45) is 7.75. The zero-order valence-corrected chi connectivity index (χ0v) is 9.68. The average molecular weight is 196 g/mol. The third kappa shape index (κ3) is 5.40. The molecule has 1 N–H and O–H groups in total. The van der Waals surface area contributed by atoms with Gasteiger partial charge in [0.1, 0.15) is 0 Å². The molecule has 0 atom stereocenters. The SMILES string of the molecule is CC1=CCNCC1.CN1CCCCC1. The van der Waals surface area contributed by atoms with Crippen molar-refractivity contribution in [1.29, 1.82) is 0 Å². The summed E-state index contributed by atoms with van der Waals surface area (Å²) in [7, 11) is 2.19. The molecule has 2 aliphatic heterocycles. The second kappa shape index (κ2) is 7.02. The van der Waals surface area contributed by atoms with Crippen molar-refractivity contribution < 1.29 is 0 Å². The first-order chi connectivity index (χ1) is 6.79. The molecular formula is C12H24N2. The van der Waals surface area contributed by atoms with E-state index in [1.807, 2.05) is 0 Å². The van der Waals surface area contributed by atoms with Gasteiger partial charge in [0, 0.05) is 6.54 Å². The fraction of sp³-hybridized carbons (Fsp3) is 0.833. The fourth-order valence-electron chi connectivity index (χ4n) is 1.79. The van der Waals surface area contributed by atoms with Gasteiger partial charge in [-0.05, 0) is 52.9 Å². The van der Waals surface area contributed by atoms with Gasteiger partial charge in [-0.2, -0.15) is 0 Å². The Morgan fingerprint density at radius 1 is 1.21 bits per heavy atom. The third-order valence-corrected chi connectivity index (χ3v) is 2.87. The Balaban J connectivity index is 0.000000140. The van der Waals surface area contributed by atoms with E-state index >= 15 is 0 Å². The summed E-state index contributed by atoms with van der Waals surface area (Å²) >= 11 is 0. The van der Waals surface area contributed by atoms with Crippen LogP contribution in [0.15, 0.2) is 11.6 Å². The van der Waals surface area contributed by atoms with Crippen LogP contribution in [0.3, 0.4) is 0 Å². The summed E-state index contributed by atoms with van der Waals surface area (Å²) in [5, 5.41) is 3.24. The zero-order chi connectivity index (χ0) is 10.2. The Hall–Kier alpha value is -0.340. The van der Waals surface area contributed by atoms with Crippen LogP contribution in [0.1, 0.15) is 32.6 Å². The molecule has 2 heteroatoms. The van der Waals surface area contributed by atoms with Crippen LogP contribution in [-0.4, -0.2) is 38.1 Å². The van der Waals surface area contributed by atoms with Crippen molar-refractivity contribution in [1.82, 2.24) is 10.2 Å². The smallest absolute Gasteiger partial charge is 0.0137 e. The standard InChI is InChI=1S/C6H11N.C6H13N/c1-6-2-4-7-5-3-6;1-7-5-3-2-4-6-7/h2,7H,3-5H2,1H3;2-6H2,1H3. The first-order valence-electron chi connectivity index (χ1n) is 5.84. The Morgan fingerprint density at radius 2 is 1.93 bits per heavy atom. The molecule has 2 aliphatic rings. The maximum absolute atomic E-state index is 3.24. The van der Waals surface area contributed by atoms with Crippen LogP contribution < -0.4 is 5.32 Å². The number of hydrogen-bond acceptors (Lipinski definition) is 2. The predicted molar refractivity (Wildman–Crippen MR) is 62.6 cm³/mol. The van der Waals surface area contributed by atoms with E-state index in [-0.39, 0.29) is 0 Å². The van der Waals surface area contributed by atoms with Crippen molar-refractivity contribution in [3.8, 4) is 0 Å². The van der Waals surface area contributed by atoms with Crippen molar-refractivity contribution in [2.24, 2.45) is 0 Å². The topological polar surface area (TPSA) is 15.3 Å². The van der Waals surface area contributed by atoms with E-state index in [1.54, 1.807) is 0 Å². The molecule has 0 aromatic heterocycles. The molecule has 2 nitrogen and oxygen atoms in total. The molecular weight excluding hydrogens is 172 g/mol. The maximum Gasteiger partial charge on any atom is 0.0137 e. The highest BCUT2D eigenvalue weighted by molar-refractivity contribution is 5.02. The molecule has 14 heavy (non-hydrogen) atoms. The summed E-state index contributed by atoms with van der Waals surface area (Å²) in [6.45, 7) is 7.06. The quantitative estimate of drug-likeness (QED) is 0.596. The van der Waals surface area contributed by atoms with E-state index in [2.05, 4.69) is 30.3 Å². The number of hydrogen-bond donors (Lipinski definition) is 1. The van der Waals surface area contributed by atoms with Crippen LogP contribution in [0.4, 0.5) is 0 Å². The van der Waals surface area contributed by atoms with Crippen molar-refractivity contribution in [3.05, 3.63) is 11.6 Å². The molecule has 2 rings (SSSR count). The molecule has 0 unspecified atom stereocenters. The van der Waals surface area contributed by atoms with Crippen molar-refractivity contribution in [3.63, 3.8) is 0 Å². The normalized spacial score (nSPS) is 23.4. The average Bonchev–Trinajstić information content (AvgIpc) is 2.21. The van der Waals surface area contributed by atoms with Crippen molar-refractivity contribution in [2.75, 3.05) is 33.2 Å². The van der Waals surface area contributed by atoms with Gasteiger partial charge in [-0.3, -0.25) is 0 Å². The van der Waals surface area contributed by atoms with Gasteiger partial charge in [0.25, 0.3) is 0 Å². The molecule has 0 amide bonds. The van der Waals surface area contributed by atoms with Gasteiger partial charge < -0.3 is 10.2 Å². The van der Waals surface area contributed by atoms with Crippen LogP contribution in [0.25, 0.3) is 0 Å². The van der Waals surface area contributed by atoms with Gasteiger partial charge in [-0.15, -0.1) is 0 Å². The molecule has 0 saturated carbocycles. The lowest BCUT2D eigenvalue weighted by Crippen LogP contribution is -2.24. The van der Waals surface area contributed by atoms with Gasteiger partial charge in [-0.1, -0.05) is 18.1 Å². The largest absolute Gasteiger partial charge is 0.313 e. The van der Waals surface area contributed by atoms with Crippen LogP contribution in [-0.2, 0) is 0 Å². The Kier molecular flexibility index (Phi) is 5.88. The lowest BCUT2D eigenvalue weighted by atomic mass is 10.1. The molecule has 0 aromatic rings. The Morgan fingerprint density at radius 3 is 2.21 bits per heavy atom. The van der Waals surface area contributed by atoms with Gasteiger partial charge >= 0.3 is 0 Å². The molecule has 2 heterocycles. The van der Waals surface area contributed by atoms with Crippen LogP contribution in [0.5, 0.6) is 0 Å². The fourth-order valence-corrected chi connectivity index (χ4v) is 1.79. The van der Waals surface area contributed by atoms with Crippen molar-refractivity contribution in [2.45, 2.75) is 32.6 Å².